The van der Waals surface area contributed by atoms with Gasteiger partial charge in [-0.3, -0.25) is 4.79 Å². The predicted octanol–water partition coefficient (Wildman–Crippen LogP) is 3.97. The molecule has 1 fully saturated rings. The second-order valence-corrected chi connectivity index (χ2v) is 7.54. The lowest BCUT2D eigenvalue weighted by molar-refractivity contribution is 0.0928. The topological polar surface area (TPSA) is 80.5 Å². The van der Waals surface area contributed by atoms with E-state index in [0.717, 1.165) is 42.8 Å². The first kappa shape index (κ1) is 20.4. The summed E-state index contributed by atoms with van der Waals surface area (Å²) in [6.45, 7) is 3.04. The monoisotopic (exact) mass is 426 g/mol. The number of ether oxygens (including phenoxy) is 1. The van der Waals surface area contributed by atoms with Gasteiger partial charge in [-0.1, -0.05) is 35.9 Å². The molecule has 0 radical (unpaired) electrons. The maximum absolute atomic E-state index is 12.7. The lowest BCUT2D eigenvalue weighted by Crippen LogP contribution is -2.26. The number of anilines is 1. The van der Waals surface area contributed by atoms with Crippen molar-refractivity contribution in [3.63, 3.8) is 0 Å². The quantitative estimate of drug-likeness (QED) is 0.587. The molecule has 1 aliphatic heterocycles. The number of halogens is 1. The summed E-state index contributed by atoms with van der Waals surface area (Å²) in [4.78, 5) is 23.4. The van der Waals surface area contributed by atoms with Gasteiger partial charge in [0, 0.05) is 19.6 Å². The first-order valence-corrected chi connectivity index (χ1v) is 10.3. The van der Waals surface area contributed by atoms with Gasteiger partial charge in [0.15, 0.2) is 5.69 Å². The van der Waals surface area contributed by atoms with Crippen LogP contribution in [0, 0.1) is 0 Å². The molecule has 8 heteroatoms. The Morgan fingerprint density at radius 3 is 2.80 bits per heavy atom. The molecule has 3 heterocycles. The lowest BCUT2D eigenvalue weighted by Gasteiger charge is -2.16. The number of hydrogen-bond donors (Lipinski definition) is 1. The molecule has 1 N–H and O–H groups in total. The zero-order valence-corrected chi connectivity index (χ0v) is 17.3. The first-order valence-electron chi connectivity index (χ1n) is 9.92. The molecule has 0 atom stereocenters. The van der Waals surface area contributed by atoms with E-state index in [1.807, 2.05) is 36.4 Å². The fraction of sp³-hybridized carbons (Fsp3) is 0.318. The number of carbonyl (C=O) groups is 1. The van der Waals surface area contributed by atoms with Gasteiger partial charge in [0.1, 0.15) is 12.4 Å². The van der Waals surface area contributed by atoms with Gasteiger partial charge >= 0.3 is 0 Å². The summed E-state index contributed by atoms with van der Waals surface area (Å²) in [6.07, 6.45) is 5.33. The molecular weight excluding hydrogens is 404 g/mol. The van der Waals surface area contributed by atoms with Crippen LogP contribution in [0.2, 0.25) is 5.02 Å². The van der Waals surface area contributed by atoms with Crippen molar-refractivity contribution < 1.29 is 13.9 Å². The Labute approximate surface area is 180 Å². The molecule has 1 aromatic carbocycles. The van der Waals surface area contributed by atoms with Crippen LogP contribution in [0.1, 0.15) is 40.2 Å². The Bertz CT molecular complexity index is 988. The molecule has 1 saturated heterocycles. The summed E-state index contributed by atoms with van der Waals surface area (Å²) in [5.74, 6) is 1.02. The van der Waals surface area contributed by atoms with E-state index < -0.39 is 0 Å². The van der Waals surface area contributed by atoms with Crippen LogP contribution in [0.3, 0.4) is 0 Å². The highest BCUT2D eigenvalue weighted by molar-refractivity contribution is 6.33. The number of furan rings is 1. The van der Waals surface area contributed by atoms with Crippen LogP contribution in [0.25, 0.3) is 0 Å². The van der Waals surface area contributed by atoms with Crippen molar-refractivity contribution in [2.75, 3.05) is 18.0 Å². The summed E-state index contributed by atoms with van der Waals surface area (Å²) in [6, 6.07) is 11.6. The summed E-state index contributed by atoms with van der Waals surface area (Å²) < 4.78 is 10.9. The Morgan fingerprint density at radius 2 is 2.00 bits per heavy atom. The van der Waals surface area contributed by atoms with Crippen LogP contribution in [-0.4, -0.2) is 29.0 Å². The van der Waals surface area contributed by atoms with E-state index in [-0.39, 0.29) is 16.6 Å². The van der Waals surface area contributed by atoms with Crippen LogP contribution in [0.4, 0.5) is 5.95 Å². The van der Waals surface area contributed by atoms with Crippen LogP contribution in [-0.2, 0) is 24.5 Å². The second-order valence-electron chi connectivity index (χ2n) is 7.14. The standard InChI is InChI=1S/C22H23ClN4O3/c23-19-13-25-22(27-8-1-2-9-27)26-20(19)21(28)24-12-16-5-3-6-17(11-16)14-29-15-18-7-4-10-30-18/h3-7,10-11,13H,1-2,8-9,12,14-15H2,(H,24,28). The number of aromatic nitrogens is 2. The van der Waals surface area contributed by atoms with Gasteiger partial charge in [-0.25, -0.2) is 9.97 Å². The minimum absolute atomic E-state index is 0.200. The Kier molecular flexibility index (Phi) is 6.61. The number of benzene rings is 1. The zero-order chi connectivity index (χ0) is 20.8. The average molecular weight is 427 g/mol. The average Bonchev–Trinajstić information content (AvgIpc) is 3.47. The van der Waals surface area contributed by atoms with E-state index >= 15 is 0 Å². The van der Waals surface area contributed by atoms with Gasteiger partial charge in [0.25, 0.3) is 5.91 Å². The minimum atomic E-state index is -0.317. The van der Waals surface area contributed by atoms with Crippen molar-refractivity contribution in [1.29, 1.82) is 0 Å². The van der Waals surface area contributed by atoms with E-state index in [1.165, 1.54) is 6.20 Å². The van der Waals surface area contributed by atoms with Gasteiger partial charge in [0.2, 0.25) is 5.95 Å². The Morgan fingerprint density at radius 1 is 1.17 bits per heavy atom. The lowest BCUT2D eigenvalue weighted by atomic mass is 10.1. The number of rotatable bonds is 8. The zero-order valence-electron chi connectivity index (χ0n) is 16.5. The largest absolute Gasteiger partial charge is 0.467 e. The predicted molar refractivity (Wildman–Crippen MR) is 113 cm³/mol. The summed E-state index contributed by atoms with van der Waals surface area (Å²) in [5.41, 5.74) is 2.18. The molecule has 156 valence electrons. The van der Waals surface area contributed by atoms with Gasteiger partial charge in [-0.2, -0.15) is 0 Å². The molecule has 2 aromatic heterocycles. The van der Waals surface area contributed by atoms with Gasteiger partial charge in [0.05, 0.1) is 24.1 Å². The molecule has 3 aromatic rings. The van der Waals surface area contributed by atoms with E-state index in [1.54, 1.807) is 6.26 Å². The van der Waals surface area contributed by atoms with E-state index in [9.17, 15) is 4.79 Å². The summed E-state index contributed by atoms with van der Waals surface area (Å²) in [7, 11) is 0. The highest BCUT2D eigenvalue weighted by Crippen LogP contribution is 2.20. The molecule has 1 amide bonds. The van der Waals surface area contributed by atoms with Crippen LogP contribution >= 0.6 is 11.6 Å². The van der Waals surface area contributed by atoms with Crippen molar-refractivity contribution in [2.24, 2.45) is 0 Å². The molecule has 4 rings (SSSR count). The summed E-state index contributed by atoms with van der Waals surface area (Å²) in [5, 5.41) is 3.14. The number of nitrogens with one attached hydrogen (secondary N) is 1. The van der Waals surface area contributed by atoms with Crippen LogP contribution in [0.15, 0.2) is 53.3 Å². The molecule has 0 spiro atoms. The van der Waals surface area contributed by atoms with Crippen molar-refractivity contribution in [3.8, 4) is 0 Å². The molecule has 0 aliphatic carbocycles. The fourth-order valence-electron chi connectivity index (χ4n) is 3.35. The summed E-state index contributed by atoms with van der Waals surface area (Å²) >= 11 is 6.18. The van der Waals surface area contributed by atoms with Crippen molar-refractivity contribution in [3.05, 3.63) is 76.5 Å². The first-order chi connectivity index (χ1) is 14.7. The highest BCUT2D eigenvalue weighted by Gasteiger charge is 2.19. The maximum Gasteiger partial charge on any atom is 0.271 e. The SMILES string of the molecule is O=C(NCc1cccc(COCc2ccco2)c1)c1nc(N2CCCC2)ncc1Cl. The number of carbonyl (C=O) groups excluding carboxylic acids is 1. The fourth-order valence-corrected chi connectivity index (χ4v) is 3.52. The minimum Gasteiger partial charge on any atom is -0.467 e. The van der Waals surface area contributed by atoms with E-state index in [0.29, 0.717) is 25.7 Å². The maximum atomic E-state index is 12.7. The van der Waals surface area contributed by atoms with E-state index in [4.69, 9.17) is 20.8 Å². The Hall–Kier alpha value is -2.90. The molecular formula is C22H23ClN4O3. The van der Waals surface area contributed by atoms with E-state index in [2.05, 4.69) is 20.2 Å². The molecule has 1 aliphatic rings. The van der Waals surface area contributed by atoms with Crippen LogP contribution in [0.5, 0.6) is 0 Å². The van der Waals surface area contributed by atoms with Gasteiger partial charge in [-0.15, -0.1) is 0 Å². The third-order valence-corrected chi connectivity index (χ3v) is 5.15. The second kappa shape index (κ2) is 9.73. The highest BCUT2D eigenvalue weighted by atomic mass is 35.5. The Balaban J connectivity index is 1.34. The van der Waals surface area contributed by atoms with Crippen molar-refractivity contribution in [2.45, 2.75) is 32.6 Å². The van der Waals surface area contributed by atoms with Gasteiger partial charge in [-0.05, 0) is 36.1 Å². The molecule has 0 saturated carbocycles. The smallest absolute Gasteiger partial charge is 0.271 e. The number of hydrogen-bond acceptors (Lipinski definition) is 6. The van der Waals surface area contributed by atoms with Crippen molar-refractivity contribution >= 4 is 23.5 Å². The number of nitrogens with zero attached hydrogens (tertiary/aromatic N) is 3. The number of amides is 1. The van der Waals surface area contributed by atoms with Gasteiger partial charge < -0.3 is 19.4 Å². The van der Waals surface area contributed by atoms with Crippen LogP contribution < -0.4 is 10.2 Å². The van der Waals surface area contributed by atoms with Crippen molar-refractivity contribution in [1.82, 2.24) is 15.3 Å². The molecule has 7 nitrogen and oxygen atoms in total. The molecule has 0 bridgehead atoms. The normalized spacial score (nSPS) is 13.6. The molecule has 30 heavy (non-hydrogen) atoms. The third-order valence-electron chi connectivity index (χ3n) is 4.87. The third kappa shape index (κ3) is 5.17. The molecule has 0 unspecified atom stereocenters.